The van der Waals surface area contributed by atoms with Crippen LogP contribution < -0.4 is 10.1 Å². The smallest absolute Gasteiger partial charge is 0.251 e. The van der Waals surface area contributed by atoms with Crippen LogP contribution in [0.2, 0.25) is 5.02 Å². The fourth-order valence-electron chi connectivity index (χ4n) is 4.11. The van der Waals surface area contributed by atoms with Gasteiger partial charge in [-0.05, 0) is 55.3 Å². The Morgan fingerprint density at radius 1 is 0.973 bits per heavy atom. The first-order valence-electron chi connectivity index (χ1n) is 11.9. The lowest BCUT2D eigenvalue weighted by molar-refractivity contribution is 0.0946. The Balaban J connectivity index is 1.17. The summed E-state index contributed by atoms with van der Waals surface area (Å²) < 4.78 is 34.3. The molecule has 0 unspecified atom stereocenters. The van der Waals surface area contributed by atoms with Gasteiger partial charge < -0.3 is 10.1 Å². The van der Waals surface area contributed by atoms with E-state index in [-0.39, 0.29) is 24.0 Å². The normalized spacial score (nSPS) is 14.5. The molecule has 10 nitrogen and oxygen atoms in total. The lowest BCUT2D eigenvalue weighted by Gasteiger charge is -2.25. The molecular formula is C25H25ClN6O4S. The molecule has 37 heavy (non-hydrogen) atoms. The van der Waals surface area contributed by atoms with Crippen LogP contribution in [0.1, 0.15) is 29.6 Å². The van der Waals surface area contributed by atoms with Crippen molar-refractivity contribution in [3.8, 4) is 17.3 Å². The quantitative estimate of drug-likeness (QED) is 0.340. The average molecular weight is 541 g/mol. The van der Waals surface area contributed by atoms with Crippen LogP contribution in [0.3, 0.4) is 0 Å². The van der Waals surface area contributed by atoms with Crippen molar-refractivity contribution >= 4 is 33.2 Å². The van der Waals surface area contributed by atoms with Crippen LogP contribution >= 0.6 is 11.6 Å². The van der Waals surface area contributed by atoms with Crippen LogP contribution in [-0.2, 0) is 10.0 Å². The molecule has 0 spiro atoms. The van der Waals surface area contributed by atoms with E-state index >= 15 is 0 Å². The van der Waals surface area contributed by atoms with E-state index in [0.717, 1.165) is 19.3 Å². The number of rotatable bonds is 8. The maximum absolute atomic E-state index is 12.8. The summed E-state index contributed by atoms with van der Waals surface area (Å²) in [5, 5.41) is 16.0. The van der Waals surface area contributed by atoms with E-state index in [1.807, 2.05) is 18.2 Å². The summed E-state index contributed by atoms with van der Waals surface area (Å²) in [6.07, 6.45) is 2.78. The standard InChI is InChI=1S/C25H25ClN6O4S/c26-21-7-3-2-6-20(21)24-29-28-22-12-13-23(30-32(22)24)36-17-14-27-25(33)18-8-10-19(11-9-18)37(34,35)31-15-4-1-5-16-31/h2-3,6-13H,1,4-5,14-17H2,(H,27,33). The van der Waals surface area contributed by atoms with E-state index in [4.69, 9.17) is 16.3 Å². The van der Waals surface area contributed by atoms with Crippen molar-refractivity contribution in [1.82, 2.24) is 29.4 Å². The van der Waals surface area contributed by atoms with Crippen LogP contribution in [0.15, 0.2) is 65.6 Å². The second-order valence-electron chi connectivity index (χ2n) is 8.54. The van der Waals surface area contributed by atoms with Gasteiger partial charge in [0, 0.05) is 30.3 Å². The highest BCUT2D eigenvalue weighted by molar-refractivity contribution is 7.89. The van der Waals surface area contributed by atoms with Crippen molar-refractivity contribution < 1.29 is 17.9 Å². The predicted octanol–water partition coefficient (Wildman–Crippen LogP) is 3.43. The van der Waals surface area contributed by atoms with Gasteiger partial charge in [0.2, 0.25) is 15.9 Å². The van der Waals surface area contributed by atoms with Crippen molar-refractivity contribution in [2.75, 3.05) is 26.2 Å². The number of halogens is 1. The first-order valence-corrected chi connectivity index (χ1v) is 13.7. The van der Waals surface area contributed by atoms with E-state index < -0.39 is 10.0 Å². The third kappa shape index (κ3) is 5.43. The van der Waals surface area contributed by atoms with Crippen molar-refractivity contribution in [1.29, 1.82) is 0 Å². The molecule has 0 saturated carbocycles. The summed E-state index contributed by atoms with van der Waals surface area (Å²) in [5.74, 6) is 0.501. The molecule has 0 aliphatic carbocycles. The van der Waals surface area contributed by atoms with Gasteiger partial charge in [0.15, 0.2) is 11.5 Å². The third-order valence-corrected chi connectivity index (χ3v) is 8.30. The third-order valence-electron chi connectivity index (χ3n) is 6.06. The van der Waals surface area contributed by atoms with Gasteiger partial charge in [-0.1, -0.05) is 30.2 Å². The summed E-state index contributed by atoms with van der Waals surface area (Å²) in [6, 6.07) is 16.7. The number of ether oxygens (including phenoxy) is 1. The van der Waals surface area contributed by atoms with Crippen LogP contribution in [0.4, 0.5) is 0 Å². The Labute approximate surface area is 219 Å². The number of nitrogens with zero attached hydrogens (tertiary/aromatic N) is 5. The minimum atomic E-state index is -3.53. The first-order chi connectivity index (χ1) is 17.9. The van der Waals surface area contributed by atoms with E-state index in [9.17, 15) is 13.2 Å². The summed E-state index contributed by atoms with van der Waals surface area (Å²) in [5.41, 5.74) is 1.61. The molecule has 1 aliphatic rings. The highest BCUT2D eigenvalue weighted by atomic mass is 35.5. The SMILES string of the molecule is O=C(NCCOc1ccc2nnc(-c3ccccc3Cl)n2n1)c1ccc(S(=O)(=O)N2CCCCC2)cc1. The number of amides is 1. The van der Waals surface area contributed by atoms with Gasteiger partial charge in [0.05, 0.1) is 16.5 Å². The second kappa shape index (κ2) is 10.8. The summed E-state index contributed by atoms with van der Waals surface area (Å²) in [7, 11) is -3.53. The molecule has 2 aromatic heterocycles. The molecule has 1 fully saturated rings. The molecule has 1 aliphatic heterocycles. The van der Waals surface area contributed by atoms with Gasteiger partial charge >= 0.3 is 0 Å². The molecule has 0 bridgehead atoms. The molecule has 0 atom stereocenters. The zero-order chi connectivity index (χ0) is 25.8. The topological polar surface area (TPSA) is 119 Å². The fourth-order valence-corrected chi connectivity index (χ4v) is 5.85. The number of carbonyl (C=O) groups is 1. The van der Waals surface area contributed by atoms with E-state index in [1.165, 1.54) is 28.6 Å². The Morgan fingerprint density at radius 3 is 2.49 bits per heavy atom. The average Bonchev–Trinajstić information content (AvgIpc) is 3.35. The number of nitrogens with one attached hydrogen (secondary N) is 1. The molecule has 192 valence electrons. The van der Waals surface area contributed by atoms with E-state index in [2.05, 4.69) is 20.6 Å². The predicted molar refractivity (Wildman–Crippen MR) is 138 cm³/mol. The summed E-state index contributed by atoms with van der Waals surface area (Å²) in [4.78, 5) is 12.7. The Kier molecular flexibility index (Phi) is 7.36. The number of sulfonamides is 1. The van der Waals surface area contributed by atoms with Gasteiger partial charge in [0.25, 0.3) is 5.91 Å². The maximum Gasteiger partial charge on any atom is 0.251 e. The maximum atomic E-state index is 12.8. The van der Waals surface area contributed by atoms with Crippen LogP contribution in [0.25, 0.3) is 17.0 Å². The molecule has 1 amide bonds. The van der Waals surface area contributed by atoms with Gasteiger partial charge in [-0.25, -0.2) is 8.42 Å². The largest absolute Gasteiger partial charge is 0.475 e. The highest BCUT2D eigenvalue weighted by Gasteiger charge is 2.26. The van der Waals surface area contributed by atoms with Crippen molar-refractivity contribution in [2.45, 2.75) is 24.2 Å². The minimum Gasteiger partial charge on any atom is -0.475 e. The molecule has 5 rings (SSSR count). The molecule has 1 saturated heterocycles. The van der Waals surface area contributed by atoms with Gasteiger partial charge in [0.1, 0.15) is 6.61 Å². The van der Waals surface area contributed by atoms with Crippen LogP contribution in [-0.4, -0.2) is 64.7 Å². The number of piperidine rings is 1. The lowest BCUT2D eigenvalue weighted by Crippen LogP contribution is -2.35. The van der Waals surface area contributed by atoms with Gasteiger partial charge in [-0.2, -0.15) is 8.82 Å². The number of hydrogen-bond acceptors (Lipinski definition) is 7. The number of carbonyl (C=O) groups excluding carboxylic acids is 1. The lowest BCUT2D eigenvalue weighted by atomic mass is 10.2. The molecule has 2 aromatic carbocycles. The minimum absolute atomic E-state index is 0.176. The van der Waals surface area contributed by atoms with Gasteiger partial charge in [-0.15, -0.1) is 15.3 Å². The molecular weight excluding hydrogens is 516 g/mol. The zero-order valence-corrected chi connectivity index (χ0v) is 21.5. The van der Waals surface area contributed by atoms with Crippen LogP contribution in [0, 0.1) is 0 Å². The van der Waals surface area contributed by atoms with Crippen molar-refractivity contribution in [3.63, 3.8) is 0 Å². The van der Waals surface area contributed by atoms with E-state index in [1.54, 1.807) is 22.7 Å². The van der Waals surface area contributed by atoms with Crippen molar-refractivity contribution in [3.05, 3.63) is 71.2 Å². The van der Waals surface area contributed by atoms with Gasteiger partial charge in [-0.3, -0.25) is 4.79 Å². The fraction of sp³-hybridized carbons (Fsp3) is 0.280. The first kappa shape index (κ1) is 25.1. The monoisotopic (exact) mass is 540 g/mol. The Hall–Kier alpha value is -3.54. The molecule has 0 radical (unpaired) electrons. The molecule has 4 aromatic rings. The molecule has 3 heterocycles. The zero-order valence-electron chi connectivity index (χ0n) is 19.9. The molecule has 12 heteroatoms. The summed E-state index contributed by atoms with van der Waals surface area (Å²) in [6.45, 7) is 1.47. The van der Waals surface area contributed by atoms with E-state index in [0.29, 0.717) is 46.6 Å². The van der Waals surface area contributed by atoms with Crippen LogP contribution in [0.5, 0.6) is 5.88 Å². The van der Waals surface area contributed by atoms with Crippen molar-refractivity contribution in [2.24, 2.45) is 0 Å². The second-order valence-corrected chi connectivity index (χ2v) is 10.9. The molecule has 1 N–H and O–H groups in total. The summed E-state index contributed by atoms with van der Waals surface area (Å²) >= 11 is 6.29. The number of hydrogen-bond donors (Lipinski definition) is 1. The Morgan fingerprint density at radius 2 is 1.73 bits per heavy atom. The Bertz CT molecular complexity index is 1520. The highest BCUT2D eigenvalue weighted by Crippen LogP contribution is 2.26. The number of fused-ring (bicyclic) bond motifs is 1. The number of benzene rings is 2. The number of aromatic nitrogens is 4.